The zero-order valence-corrected chi connectivity index (χ0v) is 14.5. The maximum Gasteiger partial charge on any atom is 0.412 e. The number of nitrogens with one attached hydrogen (secondary N) is 2. The molecule has 0 fully saturated rings. The van der Waals surface area contributed by atoms with Gasteiger partial charge in [0, 0.05) is 12.2 Å². The summed E-state index contributed by atoms with van der Waals surface area (Å²) in [6, 6.07) is 6.66. The summed E-state index contributed by atoms with van der Waals surface area (Å²) in [7, 11) is 0. The maximum atomic E-state index is 11.8. The van der Waals surface area contributed by atoms with Crippen LogP contribution in [0.2, 0.25) is 0 Å². The second-order valence-electron chi connectivity index (χ2n) is 6.81. The van der Waals surface area contributed by atoms with E-state index in [9.17, 15) is 9.59 Å². The van der Waals surface area contributed by atoms with Gasteiger partial charge in [-0.25, -0.2) is 4.79 Å². The third-order valence-corrected chi connectivity index (χ3v) is 3.09. The topological polar surface area (TPSA) is 93.5 Å². The Morgan fingerprint density at radius 2 is 1.74 bits per heavy atom. The molecule has 6 heteroatoms. The van der Waals surface area contributed by atoms with Gasteiger partial charge < -0.3 is 15.8 Å². The summed E-state index contributed by atoms with van der Waals surface area (Å²) in [5.41, 5.74) is 6.79. The van der Waals surface area contributed by atoms with Crippen molar-refractivity contribution >= 4 is 17.7 Å². The summed E-state index contributed by atoms with van der Waals surface area (Å²) in [5, 5.41) is 5.45. The molecule has 1 rings (SSSR count). The van der Waals surface area contributed by atoms with Crippen LogP contribution >= 0.6 is 0 Å². The van der Waals surface area contributed by atoms with Crippen LogP contribution < -0.4 is 16.4 Å². The van der Waals surface area contributed by atoms with E-state index in [1.165, 1.54) is 0 Å². The van der Waals surface area contributed by atoms with E-state index in [1.54, 1.807) is 32.9 Å². The van der Waals surface area contributed by atoms with Crippen molar-refractivity contribution < 1.29 is 14.3 Å². The fourth-order valence-electron chi connectivity index (χ4n) is 1.74. The lowest BCUT2D eigenvalue weighted by Crippen LogP contribution is -2.43. The Morgan fingerprint density at radius 1 is 1.17 bits per heavy atom. The summed E-state index contributed by atoms with van der Waals surface area (Å²) in [6.45, 7) is 9.62. The largest absolute Gasteiger partial charge is 0.444 e. The highest BCUT2D eigenvalue weighted by molar-refractivity contribution is 5.85. The number of anilines is 1. The zero-order chi connectivity index (χ0) is 17.6. The first-order valence-electron chi connectivity index (χ1n) is 7.71. The molecular formula is C17H27N3O3. The Labute approximate surface area is 137 Å². The van der Waals surface area contributed by atoms with Crippen molar-refractivity contribution in [2.75, 3.05) is 5.32 Å². The van der Waals surface area contributed by atoms with E-state index >= 15 is 0 Å². The van der Waals surface area contributed by atoms with Crippen molar-refractivity contribution in [2.24, 2.45) is 11.7 Å². The molecule has 0 saturated carbocycles. The Kier molecular flexibility index (Phi) is 6.57. The van der Waals surface area contributed by atoms with Crippen LogP contribution in [0.1, 0.15) is 40.2 Å². The SMILES string of the molecule is CC(C)[C@H](N)C(=O)NCc1ccc(NC(=O)OC(C)(C)C)cc1. The Bertz CT molecular complexity index is 533. The molecule has 1 atom stereocenters. The summed E-state index contributed by atoms with van der Waals surface area (Å²) < 4.78 is 5.18. The quantitative estimate of drug-likeness (QED) is 0.777. The van der Waals surface area contributed by atoms with Crippen LogP contribution in [-0.2, 0) is 16.1 Å². The van der Waals surface area contributed by atoms with Crippen LogP contribution in [0, 0.1) is 5.92 Å². The van der Waals surface area contributed by atoms with Gasteiger partial charge in [-0.1, -0.05) is 26.0 Å². The van der Waals surface area contributed by atoms with E-state index < -0.39 is 17.7 Å². The minimum absolute atomic E-state index is 0.0930. The monoisotopic (exact) mass is 321 g/mol. The molecule has 0 unspecified atom stereocenters. The van der Waals surface area contributed by atoms with E-state index in [-0.39, 0.29) is 11.8 Å². The predicted molar refractivity (Wildman–Crippen MR) is 91.0 cm³/mol. The van der Waals surface area contributed by atoms with Crippen molar-refractivity contribution in [3.05, 3.63) is 29.8 Å². The molecule has 128 valence electrons. The number of benzene rings is 1. The first-order chi connectivity index (χ1) is 10.6. The highest BCUT2D eigenvalue weighted by Gasteiger charge is 2.17. The van der Waals surface area contributed by atoms with Crippen LogP contribution in [-0.4, -0.2) is 23.6 Å². The smallest absolute Gasteiger partial charge is 0.412 e. The molecule has 6 nitrogen and oxygen atoms in total. The lowest BCUT2D eigenvalue weighted by Gasteiger charge is -2.19. The Morgan fingerprint density at radius 3 is 2.22 bits per heavy atom. The molecular weight excluding hydrogens is 294 g/mol. The average Bonchev–Trinajstić information content (AvgIpc) is 2.43. The number of rotatable bonds is 5. The van der Waals surface area contributed by atoms with E-state index in [0.717, 1.165) is 5.56 Å². The number of hydrogen-bond donors (Lipinski definition) is 3. The van der Waals surface area contributed by atoms with Gasteiger partial charge in [-0.3, -0.25) is 10.1 Å². The number of ether oxygens (including phenoxy) is 1. The van der Waals surface area contributed by atoms with Crippen LogP contribution in [0.25, 0.3) is 0 Å². The molecule has 0 aliphatic rings. The number of nitrogens with two attached hydrogens (primary N) is 1. The lowest BCUT2D eigenvalue weighted by atomic mass is 10.0. The van der Waals surface area contributed by atoms with Crippen LogP contribution in [0.15, 0.2) is 24.3 Å². The van der Waals surface area contributed by atoms with Gasteiger partial charge >= 0.3 is 6.09 Å². The molecule has 0 aromatic heterocycles. The third kappa shape index (κ3) is 7.15. The standard InChI is InChI=1S/C17H27N3O3/c1-11(2)14(18)15(21)19-10-12-6-8-13(9-7-12)20-16(22)23-17(3,4)5/h6-9,11,14H,10,18H2,1-5H3,(H,19,21)(H,20,22)/t14-/m0/s1. The van der Waals surface area contributed by atoms with Crippen molar-refractivity contribution in [3.8, 4) is 0 Å². The fourth-order valence-corrected chi connectivity index (χ4v) is 1.74. The van der Waals surface area contributed by atoms with Crippen LogP contribution in [0.5, 0.6) is 0 Å². The molecule has 0 aliphatic heterocycles. The van der Waals surface area contributed by atoms with Gasteiger partial charge in [0.25, 0.3) is 0 Å². The summed E-state index contributed by atoms with van der Waals surface area (Å²) in [4.78, 5) is 23.5. The van der Waals surface area contributed by atoms with Gasteiger partial charge in [-0.2, -0.15) is 0 Å². The van der Waals surface area contributed by atoms with Gasteiger partial charge in [0.2, 0.25) is 5.91 Å². The second-order valence-corrected chi connectivity index (χ2v) is 6.81. The van der Waals surface area contributed by atoms with E-state index in [0.29, 0.717) is 12.2 Å². The van der Waals surface area contributed by atoms with Gasteiger partial charge in [0.05, 0.1) is 6.04 Å². The fraction of sp³-hybridized carbons (Fsp3) is 0.529. The first kappa shape index (κ1) is 19.0. The molecule has 0 spiro atoms. The van der Waals surface area contributed by atoms with E-state index in [4.69, 9.17) is 10.5 Å². The molecule has 2 amide bonds. The highest BCUT2D eigenvalue weighted by Crippen LogP contribution is 2.13. The lowest BCUT2D eigenvalue weighted by molar-refractivity contribution is -0.123. The second kappa shape index (κ2) is 7.97. The number of carbonyl (C=O) groups excluding carboxylic acids is 2. The van der Waals surface area contributed by atoms with Gasteiger partial charge in [0.15, 0.2) is 0 Å². The number of carbonyl (C=O) groups is 2. The molecule has 0 saturated heterocycles. The van der Waals surface area contributed by atoms with Crippen molar-refractivity contribution in [1.29, 1.82) is 0 Å². The van der Waals surface area contributed by atoms with Crippen LogP contribution in [0.4, 0.5) is 10.5 Å². The Hall–Kier alpha value is -2.08. The molecule has 0 bridgehead atoms. The van der Waals surface area contributed by atoms with Gasteiger partial charge in [0.1, 0.15) is 5.60 Å². The van der Waals surface area contributed by atoms with Crippen molar-refractivity contribution in [1.82, 2.24) is 5.32 Å². The van der Waals surface area contributed by atoms with Gasteiger partial charge in [-0.05, 0) is 44.4 Å². The van der Waals surface area contributed by atoms with Crippen LogP contribution in [0.3, 0.4) is 0 Å². The third-order valence-electron chi connectivity index (χ3n) is 3.09. The summed E-state index contributed by atoms with van der Waals surface area (Å²) in [6.07, 6.45) is -0.499. The molecule has 0 heterocycles. The van der Waals surface area contributed by atoms with Gasteiger partial charge in [-0.15, -0.1) is 0 Å². The maximum absolute atomic E-state index is 11.8. The average molecular weight is 321 g/mol. The van der Waals surface area contributed by atoms with E-state index in [1.807, 2.05) is 26.0 Å². The molecule has 0 aliphatic carbocycles. The molecule has 0 radical (unpaired) electrons. The van der Waals surface area contributed by atoms with Crippen molar-refractivity contribution in [2.45, 2.75) is 52.8 Å². The first-order valence-corrected chi connectivity index (χ1v) is 7.71. The predicted octanol–water partition coefficient (Wildman–Crippen LogP) is 2.63. The number of hydrogen-bond acceptors (Lipinski definition) is 4. The zero-order valence-electron chi connectivity index (χ0n) is 14.5. The molecule has 23 heavy (non-hydrogen) atoms. The van der Waals surface area contributed by atoms with E-state index in [2.05, 4.69) is 10.6 Å². The van der Waals surface area contributed by atoms with Crippen molar-refractivity contribution in [3.63, 3.8) is 0 Å². The molecule has 1 aromatic carbocycles. The minimum atomic E-state index is -0.538. The minimum Gasteiger partial charge on any atom is -0.444 e. The normalized spacial score (nSPS) is 12.7. The molecule has 4 N–H and O–H groups in total. The Balaban J connectivity index is 2.51. The molecule has 1 aromatic rings. The highest BCUT2D eigenvalue weighted by atomic mass is 16.6. The summed E-state index contributed by atoms with van der Waals surface area (Å²) >= 11 is 0. The summed E-state index contributed by atoms with van der Waals surface area (Å²) in [5.74, 6) is -0.0774. The number of amides is 2.